The molecule has 0 saturated heterocycles. The Morgan fingerprint density at radius 2 is 1.51 bits per heavy atom. The van der Waals surface area contributed by atoms with Crippen molar-refractivity contribution >= 4 is 35.6 Å². The van der Waals surface area contributed by atoms with Crippen molar-refractivity contribution in [1.82, 2.24) is 10.7 Å². The zero-order valence-corrected chi connectivity index (χ0v) is 22.3. The van der Waals surface area contributed by atoms with Crippen molar-refractivity contribution in [3.05, 3.63) is 76.3 Å². The Balaban J connectivity index is 1.57. The van der Waals surface area contributed by atoms with Crippen LogP contribution in [0.3, 0.4) is 0 Å². The first-order valence-electron chi connectivity index (χ1n) is 11.4. The molecule has 0 radical (unpaired) electrons. The molecule has 12 heteroatoms. The van der Waals surface area contributed by atoms with Gasteiger partial charge in [0.1, 0.15) is 0 Å². The molecule has 0 aromatic heterocycles. The molecule has 0 atom stereocenters. The lowest BCUT2D eigenvalue weighted by Crippen LogP contribution is -2.34. The van der Waals surface area contributed by atoms with Gasteiger partial charge in [-0.3, -0.25) is 9.59 Å². The average Bonchev–Trinajstić information content (AvgIpc) is 2.95. The Labute approximate surface area is 229 Å². The van der Waals surface area contributed by atoms with E-state index in [0.29, 0.717) is 22.8 Å². The van der Waals surface area contributed by atoms with Crippen LogP contribution in [0, 0.1) is 0 Å². The minimum atomic E-state index is -0.638. The van der Waals surface area contributed by atoms with Gasteiger partial charge in [0.15, 0.2) is 23.0 Å². The first kappa shape index (κ1) is 28.8. The largest absolute Gasteiger partial charge is 0.493 e. The summed E-state index contributed by atoms with van der Waals surface area (Å²) >= 11 is 6.05. The van der Waals surface area contributed by atoms with E-state index in [1.54, 1.807) is 36.4 Å². The van der Waals surface area contributed by atoms with Crippen molar-refractivity contribution in [2.45, 2.75) is 0 Å². The monoisotopic (exact) mass is 555 g/mol. The highest BCUT2D eigenvalue weighted by molar-refractivity contribution is 6.33. The number of carbonyl (C=O) groups excluding carboxylic acids is 3. The third-order valence-electron chi connectivity index (χ3n) is 5.22. The van der Waals surface area contributed by atoms with Gasteiger partial charge in [0.25, 0.3) is 11.8 Å². The number of halogens is 1. The summed E-state index contributed by atoms with van der Waals surface area (Å²) in [7, 11) is 5.73. The molecular weight excluding hydrogens is 530 g/mol. The Morgan fingerprint density at radius 3 is 2.13 bits per heavy atom. The molecule has 0 aliphatic rings. The molecule has 11 nitrogen and oxygen atoms in total. The number of ether oxygens (including phenoxy) is 5. The van der Waals surface area contributed by atoms with E-state index in [-0.39, 0.29) is 34.2 Å². The van der Waals surface area contributed by atoms with Gasteiger partial charge in [0.2, 0.25) is 5.75 Å². The van der Waals surface area contributed by atoms with Crippen molar-refractivity contribution in [3.63, 3.8) is 0 Å². The molecule has 0 spiro atoms. The summed E-state index contributed by atoms with van der Waals surface area (Å²) < 4.78 is 26.4. The normalized spacial score (nSPS) is 10.5. The van der Waals surface area contributed by atoms with Gasteiger partial charge in [0, 0.05) is 5.56 Å². The number of carbonyl (C=O) groups is 3. The van der Waals surface area contributed by atoms with Gasteiger partial charge in [-0.1, -0.05) is 23.7 Å². The molecular formula is C27H26ClN3O8. The maximum Gasteiger partial charge on any atom is 0.345 e. The second kappa shape index (κ2) is 13.7. The van der Waals surface area contributed by atoms with Crippen LogP contribution in [-0.2, 0) is 4.79 Å². The Morgan fingerprint density at radius 1 is 0.846 bits per heavy atom. The number of hydrogen-bond acceptors (Lipinski definition) is 9. The standard InChI is InChI=1S/C27H26ClN3O8/c1-35-21-11-16(9-10-20(21)39-27(34)18-7-5-6-8-19(18)28)14-30-31-24(32)15-29-26(33)17-12-22(36-2)25(38-4)23(13-17)37-3/h5-14H,15H2,1-4H3,(H,29,33)(H,31,32)/b30-14-. The third-order valence-corrected chi connectivity index (χ3v) is 5.55. The van der Waals surface area contributed by atoms with Crippen LogP contribution >= 0.6 is 11.6 Å². The van der Waals surface area contributed by atoms with Crippen LogP contribution < -0.4 is 34.4 Å². The van der Waals surface area contributed by atoms with Crippen LogP contribution in [0.1, 0.15) is 26.3 Å². The van der Waals surface area contributed by atoms with E-state index in [1.165, 1.54) is 52.9 Å². The van der Waals surface area contributed by atoms with Gasteiger partial charge in [-0.05, 0) is 48.0 Å². The zero-order chi connectivity index (χ0) is 28.4. The molecule has 204 valence electrons. The smallest absolute Gasteiger partial charge is 0.345 e. The quantitative estimate of drug-likeness (QED) is 0.159. The molecule has 0 unspecified atom stereocenters. The fourth-order valence-corrected chi connectivity index (χ4v) is 3.54. The van der Waals surface area contributed by atoms with Crippen molar-refractivity contribution in [3.8, 4) is 28.7 Å². The molecule has 0 saturated carbocycles. The van der Waals surface area contributed by atoms with Crippen LogP contribution in [0.2, 0.25) is 5.02 Å². The highest BCUT2D eigenvalue weighted by Gasteiger charge is 2.18. The average molecular weight is 556 g/mol. The third kappa shape index (κ3) is 7.39. The number of hydrazone groups is 1. The number of nitrogens with zero attached hydrogens (tertiary/aromatic N) is 1. The molecule has 0 heterocycles. The Hall–Kier alpha value is -4.77. The van der Waals surface area contributed by atoms with Crippen LogP contribution in [0.5, 0.6) is 28.7 Å². The van der Waals surface area contributed by atoms with Gasteiger partial charge < -0.3 is 29.0 Å². The van der Waals surface area contributed by atoms with E-state index >= 15 is 0 Å². The Bertz CT molecular complexity index is 1370. The van der Waals surface area contributed by atoms with Crippen molar-refractivity contribution in [2.75, 3.05) is 35.0 Å². The summed E-state index contributed by atoms with van der Waals surface area (Å²) in [5.74, 6) is -0.341. The van der Waals surface area contributed by atoms with Gasteiger partial charge in [-0.15, -0.1) is 0 Å². The fraction of sp³-hybridized carbons (Fsp3) is 0.185. The maximum absolute atomic E-state index is 12.5. The summed E-state index contributed by atoms with van der Waals surface area (Å²) in [6.07, 6.45) is 1.36. The highest BCUT2D eigenvalue weighted by atomic mass is 35.5. The minimum absolute atomic E-state index is 0.179. The van der Waals surface area contributed by atoms with Gasteiger partial charge in [-0.25, -0.2) is 10.2 Å². The number of rotatable bonds is 11. The molecule has 3 aromatic rings. The number of benzene rings is 3. The molecule has 2 amide bonds. The summed E-state index contributed by atoms with van der Waals surface area (Å²) in [6.45, 7) is -0.340. The minimum Gasteiger partial charge on any atom is -0.493 e. The predicted molar refractivity (Wildman–Crippen MR) is 144 cm³/mol. The molecule has 0 bridgehead atoms. The lowest BCUT2D eigenvalue weighted by molar-refractivity contribution is -0.120. The number of methoxy groups -OCH3 is 4. The van der Waals surface area contributed by atoms with Gasteiger partial charge >= 0.3 is 5.97 Å². The number of esters is 1. The van der Waals surface area contributed by atoms with Crippen LogP contribution in [0.4, 0.5) is 0 Å². The summed E-state index contributed by atoms with van der Waals surface area (Å²) in [5.41, 5.74) is 3.29. The Kier molecular flexibility index (Phi) is 10.1. The molecule has 3 rings (SSSR count). The number of hydrogen-bond donors (Lipinski definition) is 2. The molecule has 0 aliphatic heterocycles. The summed E-state index contributed by atoms with van der Waals surface area (Å²) in [4.78, 5) is 37.1. The molecule has 2 N–H and O–H groups in total. The van der Waals surface area contributed by atoms with E-state index in [2.05, 4.69) is 15.8 Å². The lowest BCUT2D eigenvalue weighted by atomic mass is 10.1. The second-order valence-electron chi connectivity index (χ2n) is 7.67. The first-order valence-corrected chi connectivity index (χ1v) is 11.7. The van der Waals surface area contributed by atoms with E-state index in [1.807, 2.05) is 0 Å². The van der Waals surface area contributed by atoms with Crippen LogP contribution in [0.25, 0.3) is 0 Å². The molecule has 0 aliphatic carbocycles. The van der Waals surface area contributed by atoms with Crippen molar-refractivity contribution in [1.29, 1.82) is 0 Å². The lowest BCUT2D eigenvalue weighted by Gasteiger charge is -2.14. The molecule has 0 fully saturated rings. The van der Waals surface area contributed by atoms with E-state index in [9.17, 15) is 14.4 Å². The molecule has 3 aromatic carbocycles. The second-order valence-corrected chi connectivity index (χ2v) is 8.08. The topological polar surface area (TPSA) is 134 Å². The molecule has 39 heavy (non-hydrogen) atoms. The zero-order valence-electron chi connectivity index (χ0n) is 21.6. The van der Waals surface area contributed by atoms with Crippen LogP contribution in [0.15, 0.2) is 59.7 Å². The van der Waals surface area contributed by atoms with Gasteiger partial charge in [-0.2, -0.15) is 5.10 Å². The number of nitrogens with one attached hydrogen (secondary N) is 2. The SMILES string of the molecule is COc1cc(/C=N\NC(=O)CNC(=O)c2cc(OC)c(OC)c(OC)c2)ccc1OC(=O)c1ccccc1Cl. The van der Waals surface area contributed by atoms with E-state index in [4.69, 9.17) is 35.3 Å². The van der Waals surface area contributed by atoms with Crippen LogP contribution in [-0.4, -0.2) is 59.0 Å². The summed E-state index contributed by atoms with van der Waals surface area (Å²) in [6, 6.07) is 14.1. The van der Waals surface area contributed by atoms with E-state index in [0.717, 1.165) is 0 Å². The van der Waals surface area contributed by atoms with Crippen molar-refractivity contribution in [2.24, 2.45) is 5.10 Å². The summed E-state index contributed by atoms with van der Waals surface area (Å²) in [5, 5.41) is 6.64. The van der Waals surface area contributed by atoms with Crippen molar-refractivity contribution < 1.29 is 38.1 Å². The van der Waals surface area contributed by atoms with Gasteiger partial charge in [0.05, 0.1) is 51.8 Å². The number of amides is 2. The predicted octanol–water partition coefficient (Wildman–Crippen LogP) is 3.47. The fourth-order valence-electron chi connectivity index (χ4n) is 3.32. The van der Waals surface area contributed by atoms with E-state index < -0.39 is 17.8 Å². The first-order chi connectivity index (χ1) is 18.8. The highest BCUT2D eigenvalue weighted by Crippen LogP contribution is 2.38. The maximum atomic E-state index is 12.5.